The van der Waals surface area contributed by atoms with Gasteiger partial charge >= 0.3 is 6.18 Å². The molecule has 0 N–H and O–H groups in total. The Morgan fingerprint density at radius 1 is 1.08 bits per heavy atom. The van der Waals surface area contributed by atoms with Crippen LogP contribution in [0.4, 0.5) is 19.0 Å². The number of piperidine rings is 1. The number of carbonyl (C=O) groups excluding carboxylic acids is 1. The van der Waals surface area contributed by atoms with Crippen molar-refractivity contribution in [2.75, 3.05) is 18.0 Å². The Kier molecular flexibility index (Phi) is 4.99. The van der Waals surface area contributed by atoms with Gasteiger partial charge in [0.1, 0.15) is 5.82 Å². The number of Topliss-reactive ketones (excluding diaryl/α,β-unsaturated/α-hetero) is 1. The Morgan fingerprint density at radius 3 is 2.24 bits per heavy atom. The van der Waals surface area contributed by atoms with Gasteiger partial charge in [0.15, 0.2) is 5.78 Å². The van der Waals surface area contributed by atoms with Gasteiger partial charge in [-0.2, -0.15) is 13.2 Å². The first-order chi connectivity index (χ1) is 11.8. The summed E-state index contributed by atoms with van der Waals surface area (Å²) < 4.78 is 37.8. The minimum absolute atomic E-state index is 0.0803. The predicted octanol–water partition coefficient (Wildman–Crippen LogP) is 4.85. The Labute approximate surface area is 148 Å². The second-order valence-electron chi connectivity index (χ2n) is 6.04. The molecular formula is C18H16ClF3N2O. The molecule has 0 atom stereocenters. The van der Waals surface area contributed by atoms with Gasteiger partial charge in [0.2, 0.25) is 0 Å². The first-order valence-electron chi connectivity index (χ1n) is 7.92. The third-order valence-corrected chi connectivity index (χ3v) is 4.65. The van der Waals surface area contributed by atoms with Crippen LogP contribution in [-0.4, -0.2) is 23.9 Å². The van der Waals surface area contributed by atoms with Crippen LogP contribution in [0.3, 0.4) is 0 Å². The van der Waals surface area contributed by atoms with Crippen molar-refractivity contribution in [2.45, 2.75) is 19.0 Å². The summed E-state index contributed by atoms with van der Waals surface area (Å²) in [6, 6.07) is 9.23. The molecule has 0 aliphatic carbocycles. The molecule has 1 aromatic carbocycles. The van der Waals surface area contributed by atoms with Crippen LogP contribution in [0.1, 0.15) is 28.8 Å². The van der Waals surface area contributed by atoms with Gasteiger partial charge in [-0.05, 0) is 49.2 Å². The van der Waals surface area contributed by atoms with Crippen molar-refractivity contribution in [2.24, 2.45) is 5.92 Å². The summed E-state index contributed by atoms with van der Waals surface area (Å²) in [6.07, 6.45) is -2.25. The van der Waals surface area contributed by atoms with Crippen molar-refractivity contribution in [1.29, 1.82) is 0 Å². The lowest BCUT2D eigenvalue weighted by Crippen LogP contribution is -2.36. The van der Waals surface area contributed by atoms with E-state index in [0.717, 1.165) is 12.3 Å². The van der Waals surface area contributed by atoms with Gasteiger partial charge in [0.05, 0.1) is 5.56 Å². The molecule has 132 valence electrons. The van der Waals surface area contributed by atoms with E-state index < -0.39 is 11.7 Å². The lowest BCUT2D eigenvalue weighted by Gasteiger charge is -2.32. The van der Waals surface area contributed by atoms with E-state index >= 15 is 0 Å². The number of alkyl halides is 3. The number of carbonyl (C=O) groups is 1. The van der Waals surface area contributed by atoms with Gasteiger partial charge in [0, 0.05) is 35.8 Å². The fraction of sp³-hybridized carbons (Fsp3) is 0.333. The molecule has 0 unspecified atom stereocenters. The highest BCUT2D eigenvalue weighted by Crippen LogP contribution is 2.30. The first-order valence-corrected chi connectivity index (χ1v) is 8.30. The zero-order valence-electron chi connectivity index (χ0n) is 13.3. The Bertz CT molecular complexity index is 736. The molecule has 25 heavy (non-hydrogen) atoms. The summed E-state index contributed by atoms with van der Waals surface area (Å²) in [6.45, 7) is 1.17. The standard InChI is InChI=1S/C18H16ClF3N2O/c19-15-4-1-12(2-5-15)17(25)13-7-9-24(10-8-13)16-6-3-14(11-23-16)18(20,21)22/h1-6,11,13H,7-10H2. The topological polar surface area (TPSA) is 33.2 Å². The summed E-state index contributed by atoms with van der Waals surface area (Å²) in [5, 5.41) is 0.583. The van der Waals surface area contributed by atoms with E-state index in [0.29, 0.717) is 42.3 Å². The molecule has 7 heteroatoms. The number of rotatable bonds is 3. The van der Waals surface area contributed by atoms with Crippen LogP contribution >= 0.6 is 11.6 Å². The third kappa shape index (κ3) is 4.12. The van der Waals surface area contributed by atoms with Gasteiger partial charge in [-0.25, -0.2) is 4.98 Å². The smallest absolute Gasteiger partial charge is 0.357 e. The van der Waals surface area contributed by atoms with E-state index in [1.54, 1.807) is 24.3 Å². The molecule has 3 rings (SSSR count). The maximum absolute atomic E-state index is 12.6. The Balaban J connectivity index is 1.61. The van der Waals surface area contributed by atoms with Crippen LogP contribution in [-0.2, 0) is 6.18 Å². The number of halogens is 4. The zero-order chi connectivity index (χ0) is 18.0. The molecule has 2 heterocycles. The SMILES string of the molecule is O=C(c1ccc(Cl)cc1)C1CCN(c2ccc(C(F)(F)F)cn2)CC1. The molecule has 1 fully saturated rings. The second kappa shape index (κ2) is 7.04. The molecule has 1 saturated heterocycles. The van der Waals surface area contributed by atoms with E-state index in [1.165, 1.54) is 6.07 Å². The molecule has 1 aliphatic heterocycles. The number of hydrogen-bond acceptors (Lipinski definition) is 3. The van der Waals surface area contributed by atoms with Crippen LogP contribution in [0.15, 0.2) is 42.6 Å². The zero-order valence-corrected chi connectivity index (χ0v) is 14.0. The van der Waals surface area contributed by atoms with Crippen LogP contribution in [0.25, 0.3) is 0 Å². The number of pyridine rings is 1. The maximum Gasteiger partial charge on any atom is 0.417 e. The number of nitrogens with zero attached hydrogens (tertiary/aromatic N) is 2. The van der Waals surface area contributed by atoms with Crippen molar-refractivity contribution in [3.05, 3.63) is 58.7 Å². The summed E-state index contributed by atoms with van der Waals surface area (Å²) in [5.41, 5.74) is -0.125. The van der Waals surface area contributed by atoms with Gasteiger partial charge < -0.3 is 4.90 Å². The summed E-state index contributed by atoms with van der Waals surface area (Å²) >= 11 is 5.83. The molecule has 1 aromatic heterocycles. The normalized spacial score (nSPS) is 16.1. The molecule has 0 amide bonds. The molecule has 1 aliphatic rings. The lowest BCUT2D eigenvalue weighted by molar-refractivity contribution is -0.137. The second-order valence-corrected chi connectivity index (χ2v) is 6.47. The Morgan fingerprint density at radius 2 is 1.72 bits per heavy atom. The number of ketones is 1. The molecule has 3 nitrogen and oxygen atoms in total. The van der Waals surface area contributed by atoms with E-state index in [-0.39, 0.29) is 11.7 Å². The monoisotopic (exact) mass is 368 g/mol. The third-order valence-electron chi connectivity index (χ3n) is 4.39. The van der Waals surface area contributed by atoms with Crippen LogP contribution in [0.5, 0.6) is 0 Å². The molecule has 2 aromatic rings. The number of anilines is 1. The van der Waals surface area contributed by atoms with E-state index in [9.17, 15) is 18.0 Å². The first kappa shape index (κ1) is 17.7. The lowest BCUT2D eigenvalue weighted by atomic mass is 9.89. The average molecular weight is 369 g/mol. The van der Waals surface area contributed by atoms with Crippen molar-refractivity contribution in [1.82, 2.24) is 4.98 Å². The number of aromatic nitrogens is 1. The molecule has 0 saturated carbocycles. The van der Waals surface area contributed by atoms with E-state index in [2.05, 4.69) is 4.98 Å². The number of benzene rings is 1. The highest BCUT2D eigenvalue weighted by molar-refractivity contribution is 6.30. The van der Waals surface area contributed by atoms with Crippen LogP contribution < -0.4 is 4.90 Å². The van der Waals surface area contributed by atoms with Crippen LogP contribution in [0.2, 0.25) is 5.02 Å². The highest BCUT2D eigenvalue weighted by atomic mass is 35.5. The van der Waals surface area contributed by atoms with Crippen molar-refractivity contribution >= 4 is 23.2 Å². The predicted molar refractivity (Wildman–Crippen MR) is 90.0 cm³/mol. The van der Waals surface area contributed by atoms with Gasteiger partial charge in [-0.15, -0.1) is 0 Å². The van der Waals surface area contributed by atoms with Gasteiger partial charge in [0.25, 0.3) is 0 Å². The largest absolute Gasteiger partial charge is 0.417 e. The minimum atomic E-state index is -4.39. The Hall–Kier alpha value is -2.08. The average Bonchev–Trinajstić information content (AvgIpc) is 2.61. The quantitative estimate of drug-likeness (QED) is 0.726. The summed E-state index contributed by atoms with van der Waals surface area (Å²) in [7, 11) is 0. The fourth-order valence-electron chi connectivity index (χ4n) is 2.96. The molecule has 0 spiro atoms. The van der Waals surface area contributed by atoms with Crippen molar-refractivity contribution < 1.29 is 18.0 Å². The summed E-state index contributed by atoms with van der Waals surface area (Å²) in [5.74, 6) is 0.494. The van der Waals surface area contributed by atoms with E-state index in [1.807, 2.05) is 4.90 Å². The van der Waals surface area contributed by atoms with Crippen molar-refractivity contribution in [3.63, 3.8) is 0 Å². The molecule has 0 bridgehead atoms. The van der Waals surface area contributed by atoms with Gasteiger partial charge in [-0.1, -0.05) is 11.6 Å². The van der Waals surface area contributed by atoms with Crippen LogP contribution in [0, 0.1) is 5.92 Å². The minimum Gasteiger partial charge on any atom is -0.357 e. The highest BCUT2D eigenvalue weighted by Gasteiger charge is 2.31. The van der Waals surface area contributed by atoms with Crippen molar-refractivity contribution in [3.8, 4) is 0 Å². The van der Waals surface area contributed by atoms with E-state index in [4.69, 9.17) is 11.6 Å². The molecular weight excluding hydrogens is 353 g/mol. The number of hydrogen-bond donors (Lipinski definition) is 0. The van der Waals surface area contributed by atoms with Gasteiger partial charge in [-0.3, -0.25) is 4.79 Å². The summed E-state index contributed by atoms with van der Waals surface area (Å²) in [4.78, 5) is 18.3. The molecule has 0 radical (unpaired) electrons. The maximum atomic E-state index is 12.6. The fourth-order valence-corrected chi connectivity index (χ4v) is 3.09.